The zero-order chi connectivity index (χ0) is 10.3. The van der Waals surface area contributed by atoms with Gasteiger partial charge in [0.15, 0.2) is 0 Å². The van der Waals surface area contributed by atoms with Crippen molar-refractivity contribution < 1.29 is 13.9 Å². The van der Waals surface area contributed by atoms with Crippen LogP contribution in [0.2, 0.25) is 0 Å². The van der Waals surface area contributed by atoms with E-state index in [1.165, 1.54) is 17.4 Å². The molecular formula is C10H8F2OS. The molecule has 1 aromatic carbocycles. The Morgan fingerprint density at radius 3 is 2.79 bits per heavy atom. The number of phenolic OH excluding ortho intramolecular Hbond substituents is 1. The summed E-state index contributed by atoms with van der Waals surface area (Å²) in [5, 5.41) is 12.0. The van der Waals surface area contributed by atoms with Crippen molar-refractivity contribution in [3.63, 3.8) is 0 Å². The summed E-state index contributed by atoms with van der Waals surface area (Å²) in [4.78, 5) is 0. The van der Waals surface area contributed by atoms with Crippen LogP contribution in [0.3, 0.4) is 0 Å². The molecule has 0 fully saturated rings. The number of rotatable bonds is 1. The fourth-order valence-electron chi connectivity index (χ4n) is 1.55. The molecule has 4 heteroatoms. The van der Waals surface area contributed by atoms with Crippen molar-refractivity contribution in [2.24, 2.45) is 0 Å². The van der Waals surface area contributed by atoms with Crippen LogP contribution in [0.4, 0.5) is 8.78 Å². The van der Waals surface area contributed by atoms with Crippen LogP contribution in [0, 0.1) is 6.92 Å². The molecule has 0 aliphatic carbocycles. The Labute approximate surface area is 83.6 Å². The zero-order valence-electron chi connectivity index (χ0n) is 7.42. The van der Waals surface area contributed by atoms with E-state index in [4.69, 9.17) is 0 Å². The number of aromatic hydroxyl groups is 1. The van der Waals surface area contributed by atoms with E-state index >= 15 is 0 Å². The van der Waals surface area contributed by atoms with Gasteiger partial charge in [0, 0.05) is 4.70 Å². The molecule has 0 saturated carbocycles. The van der Waals surface area contributed by atoms with Crippen LogP contribution in [0.5, 0.6) is 5.75 Å². The van der Waals surface area contributed by atoms with E-state index in [1.807, 2.05) is 11.4 Å². The number of alkyl halides is 2. The number of fused-ring (bicyclic) bond motifs is 1. The average Bonchev–Trinajstić information content (AvgIpc) is 2.50. The number of phenols is 1. The first-order chi connectivity index (χ1) is 6.61. The first-order valence-corrected chi connectivity index (χ1v) is 4.97. The molecule has 2 rings (SSSR count). The second-order valence-electron chi connectivity index (χ2n) is 3.07. The lowest BCUT2D eigenvalue weighted by atomic mass is 10.1. The van der Waals surface area contributed by atoms with Crippen molar-refractivity contribution in [2.45, 2.75) is 13.3 Å². The lowest BCUT2D eigenvalue weighted by Crippen LogP contribution is -1.90. The van der Waals surface area contributed by atoms with Gasteiger partial charge in [-0.3, -0.25) is 0 Å². The van der Waals surface area contributed by atoms with Gasteiger partial charge in [-0.1, -0.05) is 0 Å². The number of hydrogen-bond donors (Lipinski definition) is 1. The van der Waals surface area contributed by atoms with Gasteiger partial charge in [0.1, 0.15) is 5.75 Å². The summed E-state index contributed by atoms with van der Waals surface area (Å²) in [6.45, 7) is 1.61. The van der Waals surface area contributed by atoms with Gasteiger partial charge in [-0.25, -0.2) is 8.78 Å². The standard InChI is InChI=1S/C10H8F2OS/c1-5-8(10(11)12)7(13)4-6-2-3-14-9(5)6/h2-4,10,13H,1H3. The topological polar surface area (TPSA) is 20.2 Å². The summed E-state index contributed by atoms with van der Waals surface area (Å²) >= 11 is 1.41. The first-order valence-electron chi connectivity index (χ1n) is 4.09. The third kappa shape index (κ3) is 1.26. The maximum Gasteiger partial charge on any atom is 0.267 e. The van der Waals surface area contributed by atoms with Crippen molar-refractivity contribution in [3.8, 4) is 5.75 Å². The maximum atomic E-state index is 12.6. The minimum Gasteiger partial charge on any atom is -0.507 e. The Morgan fingerprint density at radius 1 is 1.43 bits per heavy atom. The molecular weight excluding hydrogens is 206 g/mol. The van der Waals surface area contributed by atoms with Crippen LogP contribution in [0.1, 0.15) is 17.6 Å². The Bertz CT molecular complexity index is 476. The normalized spacial score (nSPS) is 11.4. The van der Waals surface area contributed by atoms with Crippen LogP contribution in [-0.2, 0) is 0 Å². The third-order valence-corrected chi connectivity index (χ3v) is 3.28. The molecule has 0 aliphatic heterocycles. The Balaban J connectivity index is 2.82. The molecule has 0 spiro atoms. The first kappa shape index (κ1) is 9.40. The minimum absolute atomic E-state index is 0.250. The van der Waals surface area contributed by atoms with Crippen LogP contribution < -0.4 is 0 Å². The summed E-state index contributed by atoms with van der Waals surface area (Å²) in [7, 11) is 0. The zero-order valence-corrected chi connectivity index (χ0v) is 8.24. The molecule has 1 heterocycles. The third-order valence-electron chi connectivity index (χ3n) is 2.23. The van der Waals surface area contributed by atoms with Gasteiger partial charge in [-0.15, -0.1) is 11.3 Å². The summed E-state index contributed by atoms with van der Waals surface area (Å²) in [6.07, 6.45) is -2.62. The fourth-order valence-corrected chi connectivity index (χ4v) is 2.45. The van der Waals surface area contributed by atoms with E-state index in [0.717, 1.165) is 10.1 Å². The monoisotopic (exact) mass is 214 g/mol. The van der Waals surface area contributed by atoms with E-state index in [9.17, 15) is 13.9 Å². The molecule has 0 atom stereocenters. The molecule has 1 N–H and O–H groups in total. The van der Waals surface area contributed by atoms with Gasteiger partial charge in [-0.2, -0.15) is 0 Å². The number of aryl methyl sites for hydroxylation is 1. The summed E-state index contributed by atoms with van der Waals surface area (Å²) in [5.41, 5.74) is 0.227. The second kappa shape index (κ2) is 3.20. The molecule has 2 aromatic rings. The quantitative estimate of drug-likeness (QED) is 0.764. The lowest BCUT2D eigenvalue weighted by Gasteiger charge is -2.08. The molecule has 0 amide bonds. The lowest BCUT2D eigenvalue weighted by molar-refractivity contribution is 0.147. The SMILES string of the molecule is Cc1c(C(F)F)c(O)cc2ccsc12. The predicted molar refractivity (Wildman–Crippen MR) is 53.2 cm³/mol. The van der Waals surface area contributed by atoms with Crippen LogP contribution in [0.25, 0.3) is 10.1 Å². The maximum absolute atomic E-state index is 12.6. The highest BCUT2D eigenvalue weighted by Gasteiger charge is 2.18. The highest BCUT2D eigenvalue weighted by Crippen LogP contribution is 2.38. The molecule has 0 radical (unpaired) electrons. The van der Waals surface area contributed by atoms with Crippen molar-refractivity contribution in [1.82, 2.24) is 0 Å². The summed E-state index contributed by atoms with van der Waals surface area (Å²) in [6, 6.07) is 3.20. The smallest absolute Gasteiger partial charge is 0.267 e. The van der Waals surface area contributed by atoms with Gasteiger partial charge in [-0.05, 0) is 35.4 Å². The van der Waals surface area contributed by atoms with E-state index in [-0.39, 0.29) is 11.3 Å². The minimum atomic E-state index is -2.62. The Hall–Kier alpha value is -1.16. The largest absolute Gasteiger partial charge is 0.507 e. The molecule has 0 bridgehead atoms. The molecule has 74 valence electrons. The highest BCUT2D eigenvalue weighted by atomic mass is 32.1. The second-order valence-corrected chi connectivity index (χ2v) is 3.99. The van der Waals surface area contributed by atoms with E-state index in [2.05, 4.69) is 0 Å². The Kier molecular flexibility index (Phi) is 2.15. The number of benzene rings is 1. The number of thiophene rings is 1. The van der Waals surface area contributed by atoms with Crippen molar-refractivity contribution >= 4 is 21.4 Å². The van der Waals surface area contributed by atoms with E-state index in [0.29, 0.717) is 5.56 Å². The number of halogens is 2. The molecule has 1 nitrogen and oxygen atoms in total. The molecule has 0 unspecified atom stereocenters. The Morgan fingerprint density at radius 2 is 2.14 bits per heavy atom. The van der Waals surface area contributed by atoms with Crippen LogP contribution >= 0.6 is 11.3 Å². The van der Waals surface area contributed by atoms with E-state index in [1.54, 1.807) is 6.92 Å². The number of hydrogen-bond acceptors (Lipinski definition) is 2. The van der Waals surface area contributed by atoms with Gasteiger partial charge in [0.2, 0.25) is 0 Å². The highest BCUT2D eigenvalue weighted by molar-refractivity contribution is 7.17. The molecule has 14 heavy (non-hydrogen) atoms. The van der Waals surface area contributed by atoms with Crippen LogP contribution in [-0.4, -0.2) is 5.11 Å². The van der Waals surface area contributed by atoms with Gasteiger partial charge < -0.3 is 5.11 Å². The summed E-state index contributed by atoms with van der Waals surface area (Å²) in [5.74, 6) is -0.316. The van der Waals surface area contributed by atoms with Crippen molar-refractivity contribution in [3.05, 3.63) is 28.6 Å². The fraction of sp³-hybridized carbons (Fsp3) is 0.200. The summed E-state index contributed by atoms with van der Waals surface area (Å²) < 4.78 is 26.0. The van der Waals surface area contributed by atoms with Crippen LogP contribution in [0.15, 0.2) is 17.5 Å². The van der Waals surface area contributed by atoms with E-state index < -0.39 is 6.43 Å². The molecule has 0 aliphatic rings. The van der Waals surface area contributed by atoms with Gasteiger partial charge in [0.25, 0.3) is 6.43 Å². The van der Waals surface area contributed by atoms with Gasteiger partial charge in [0.05, 0.1) is 5.56 Å². The molecule has 1 aromatic heterocycles. The van der Waals surface area contributed by atoms with Crippen molar-refractivity contribution in [1.29, 1.82) is 0 Å². The predicted octanol–water partition coefficient (Wildman–Crippen LogP) is 3.85. The van der Waals surface area contributed by atoms with Gasteiger partial charge >= 0.3 is 0 Å². The molecule has 0 saturated heterocycles. The van der Waals surface area contributed by atoms with Crippen molar-refractivity contribution in [2.75, 3.05) is 0 Å². The average molecular weight is 214 g/mol.